The zero-order chi connectivity index (χ0) is 17.2. The Morgan fingerprint density at radius 2 is 2.17 bits per heavy atom. The number of piperidine rings is 1. The Morgan fingerprint density at radius 3 is 2.88 bits per heavy atom. The van der Waals surface area contributed by atoms with Gasteiger partial charge in [-0.25, -0.2) is 4.98 Å². The Balaban J connectivity index is 1.54. The summed E-state index contributed by atoms with van der Waals surface area (Å²) in [6.07, 6.45) is -0.170. The molecule has 1 aliphatic carbocycles. The highest BCUT2D eigenvalue weighted by Crippen LogP contribution is 2.58. The molecule has 1 atom stereocenters. The molecule has 5 nitrogen and oxygen atoms in total. The van der Waals surface area contributed by atoms with Gasteiger partial charge in [0.1, 0.15) is 0 Å². The fraction of sp³-hybridized carbons (Fsp3) is 0.625. The maximum atomic E-state index is 12.3. The number of hydrogen-bond acceptors (Lipinski definition) is 4. The van der Waals surface area contributed by atoms with Gasteiger partial charge in [-0.3, -0.25) is 4.79 Å². The zero-order valence-electron chi connectivity index (χ0n) is 13.2. The van der Waals surface area contributed by atoms with Crippen LogP contribution in [0.25, 0.3) is 0 Å². The minimum absolute atomic E-state index is 0.0100. The number of hydrogen-bond donors (Lipinski definition) is 2. The molecule has 132 valence electrons. The van der Waals surface area contributed by atoms with E-state index in [-0.39, 0.29) is 29.7 Å². The van der Waals surface area contributed by atoms with Crippen molar-refractivity contribution in [2.45, 2.75) is 32.0 Å². The number of nitrogens with zero attached hydrogens (tertiary/aromatic N) is 1. The van der Waals surface area contributed by atoms with Crippen molar-refractivity contribution in [2.75, 3.05) is 19.7 Å². The molecule has 0 bridgehead atoms. The molecule has 1 saturated carbocycles. The predicted octanol–water partition coefficient (Wildman–Crippen LogP) is 2.03. The Kier molecular flexibility index (Phi) is 4.67. The van der Waals surface area contributed by atoms with Crippen molar-refractivity contribution in [3.63, 3.8) is 0 Å². The van der Waals surface area contributed by atoms with E-state index in [1.54, 1.807) is 12.1 Å². The van der Waals surface area contributed by atoms with Crippen LogP contribution in [0.2, 0.25) is 0 Å². The molecule has 0 radical (unpaired) electrons. The summed E-state index contributed by atoms with van der Waals surface area (Å²) < 4.78 is 41.6. The molecule has 2 N–H and O–H groups in total. The summed E-state index contributed by atoms with van der Waals surface area (Å²) in [6, 6.07) is 3.21. The first kappa shape index (κ1) is 17.0. The van der Waals surface area contributed by atoms with Gasteiger partial charge in [0.05, 0.1) is 0 Å². The molecule has 2 heterocycles. The number of nitrogens with one attached hydrogen (secondary N) is 2. The first-order chi connectivity index (χ1) is 11.4. The summed E-state index contributed by atoms with van der Waals surface area (Å²) in [5.41, 5.74) is 0.565. The lowest BCUT2D eigenvalue weighted by atomic mass is 9.92. The maximum absolute atomic E-state index is 12.3. The second kappa shape index (κ2) is 6.58. The monoisotopic (exact) mass is 343 g/mol. The van der Waals surface area contributed by atoms with Gasteiger partial charge in [0.2, 0.25) is 11.8 Å². The van der Waals surface area contributed by atoms with Gasteiger partial charge in [0, 0.05) is 24.2 Å². The van der Waals surface area contributed by atoms with Gasteiger partial charge >= 0.3 is 6.18 Å². The number of pyridine rings is 1. The largest absolute Gasteiger partial charge is 0.468 e. The number of halogens is 3. The van der Waals surface area contributed by atoms with E-state index in [1.165, 1.54) is 6.20 Å². The molecule has 24 heavy (non-hydrogen) atoms. The summed E-state index contributed by atoms with van der Waals surface area (Å²) in [6.45, 7) is 0.581. The smallest absolute Gasteiger partial charge is 0.422 e. The van der Waals surface area contributed by atoms with E-state index >= 15 is 0 Å². The van der Waals surface area contributed by atoms with Crippen LogP contribution in [-0.4, -0.2) is 36.8 Å². The Bertz CT molecular complexity index is 600. The summed E-state index contributed by atoms with van der Waals surface area (Å²) >= 11 is 0. The third-order valence-electron chi connectivity index (χ3n) is 4.78. The fourth-order valence-electron chi connectivity index (χ4n) is 3.34. The molecule has 2 aliphatic rings. The quantitative estimate of drug-likeness (QED) is 0.859. The van der Waals surface area contributed by atoms with Crippen molar-refractivity contribution in [1.29, 1.82) is 0 Å². The molecule has 0 aromatic carbocycles. The second-order valence-corrected chi connectivity index (χ2v) is 6.46. The third-order valence-corrected chi connectivity index (χ3v) is 4.78. The lowest BCUT2D eigenvalue weighted by Gasteiger charge is -2.23. The van der Waals surface area contributed by atoms with Crippen LogP contribution in [0.15, 0.2) is 18.3 Å². The van der Waals surface area contributed by atoms with Crippen molar-refractivity contribution in [1.82, 2.24) is 15.6 Å². The van der Waals surface area contributed by atoms with Crippen molar-refractivity contribution < 1.29 is 22.7 Å². The number of ether oxygens (including phenoxy) is 1. The van der Waals surface area contributed by atoms with E-state index in [0.29, 0.717) is 5.56 Å². The number of rotatable bonds is 5. The van der Waals surface area contributed by atoms with Gasteiger partial charge in [-0.15, -0.1) is 0 Å². The fourth-order valence-corrected chi connectivity index (χ4v) is 3.34. The molecule has 1 aromatic rings. The summed E-state index contributed by atoms with van der Waals surface area (Å²) in [7, 11) is 0. The highest BCUT2D eigenvalue weighted by Gasteiger charge is 2.57. The van der Waals surface area contributed by atoms with Crippen molar-refractivity contribution in [3.8, 4) is 5.88 Å². The first-order valence-electron chi connectivity index (χ1n) is 8.02. The Hall–Kier alpha value is -1.83. The predicted molar refractivity (Wildman–Crippen MR) is 80.3 cm³/mol. The van der Waals surface area contributed by atoms with Gasteiger partial charge in [-0.2, -0.15) is 13.2 Å². The van der Waals surface area contributed by atoms with Crippen LogP contribution in [0, 0.1) is 11.3 Å². The highest BCUT2D eigenvalue weighted by molar-refractivity contribution is 5.82. The summed E-state index contributed by atoms with van der Waals surface area (Å²) in [4.78, 5) is 16.1. The molecular weight excluding hydrogens is 323 g/mol. The Labute approximate surface area is 138 Å². The van der Waals surface area contributed by atoms with E-state index < -0.39 is 12.8 Å². The molecule has 1 saturated heterocycles. The molecule has 1 spiro atoms. The Morgan fingerprint density at radius 1 is 1.42 bits per heavy atom. The lowest BCUT2D eigenvalue weighted by Crippen LogP contribution is -2.33. The molecule has 2 fully saturated rings. The minimum atomic E-state index is -4.42. The molecule has 3 rings (SSSR count). The van der Waals surface area contributed by atoms with E-state index in [1.807, 2.05) is 0 Å². The standard InChI is InChI=1S/C16H20F3N3O2/c17-16(18,19)10-24-14-11(2-1-5-21-14)9-22-13(23)12-8-15(12)3-6-20-7-4-15/h1-2,5,12,20H,3-4,6-10H2,(H,22,23). The first-order valence-corrected chi connectivity index (χ1v) is 8.02. The van der Waals surface area contributed by atoms with Gasteiger partial charge in [-0.05, 0) is 43.8 Å². The van der Waals surface area contributed by atoms with E-state index in [9.17, 15) is 18.0 Å². The highest BCUT2D eigenvalue weighted by atomic mass is 19.4. The van der Waals surface area contributed by atoms with Crippen LogP contribution in [0.3, 0.4) is 0 Å². The number of aromatic nitrogens is 1. The summed E-state index contributed by atoms with van der Waals surface area (Å²) in [5, 5.41) is 6.09. The zero-order valence-corrected chi connectivity index (χ0v) is 13.2. The van der Waals surface area contributed by atoms with Gasteiger partial charge in [-0.1, -0.05) is 6.07 Å². The average molecular weight is 343 g/mol. The molecule has 1 unspecified atom stereocenters. The third kappa shape index (κ3) is 3.98. The van der Waals surface area contributed by atoms with Crippen LogP contribution in [-0.2, 0) is 11.3 Å². The van der Waals surface area contributed by atoms with Crippen molar-refractivity contribution in [2.24, 2.45) is 11.3 Å². The molecule has 8 heteroatoms. The van der Waals surface area contributed by atoms with Crippen LogP contribution in [0.5, 0.6) is 5.88 Å². The van der Waals surface area contributed by atoms with E-state index in [2.05, 4.69) is 15.6 Å². The van der Waals surface area contributed by atoms with Gasteiger partial charge in [0.15, 0.2) is 6.61 Å². The SMILES string of the molecule is O=C(NCc1cccnc1OCC(F)(F)F)C1CC12CCNCC2. The maximum Gasteiger partial charge on any atom is 0.422 e. The van der Waals surface area contributed by atoms with Crippen molar-refractivity contribution in [3.05, 3.63) is 23.9 Å². The minimum Gasteiger partial charge on any atom is -0.468 e. The van der Waals surface area contributed by atoms with Crippen molar-refractivity contribution >= 4 is 5.91 Å². The lowest BCUT2D eigenvalue weighted by molar-refractivity contribution is -0.154. The number of carbonyl (C=O) groups excluding carboxylic acids is 1. The van der Waals surface area contributed by atoms with Crippen LogP contribution < -0.4 is 15.4 Å². The van der Waals surface area contributed by atoms with Crippen LogP contribution in [0.4, 0.5) is 13.2 Å². The number of amides is 1. The van der Waals surface area contributed by atoms with Gasteiger partial charge < -0.3 is 15.4 Å². The average Bonchev–Trinajstić information content (AvgIpc) is 3.24. The van der Waals surface area contributed by atoms with Crippen LogP contribution >= 0.6 is 0 Å². The number of carbonyl (C=O) groups is 1. The number of alkyl halides is 3. The topological polar surface area (TPSA) is 63.2 Å². The van der Waals surface area contributed by atoms with Crippen LogP contribution in [0.1, 0.15) is 24.8 Å². The molecule has 1 amide bonds. The summed E-state index contributed by atoms with van der Waals surface area (Å²) in [5.74, 6) is -0.124. The normalized spacial score (nSPS) is 22.2. The van der Waals surface area contributed by atoms with E-state index in [0.717, 1.165) is 32.4 Å². The molecule has 1 aromatic heterocycles. The second-order valence-electron chi connectivity index (χ2n) is 6.46. The molecular formula is C16H20F3N3O2. The molecule has 1 aliphatic heterocycles. The van der Waals surface area contributed by atoms with E-state index in [4.69, 9.17) is 4.74 Å². The van der Waals surface area contributed by atoms with Gasteiger partial charge in [0.25, 0.3) is 0 Å².